The number of nitrogens with one attached hydrogen (secondary N) is 1. The van der Waals surface area contributed by atoms with Crippen LogP contribution in [0, 0.1) is 0 Å². The van der Waals surface area contributed by atoms with E-state index >= 15 is 0 Å². The Morgan fingerprint density at radius 1 is 0.947 bits per heavy atom. The average molecular weight is 520 g/mol. The molecule has 0 aromatic heterocycles. The Hall–Kier alpha value is -4.99. The first kappa shape index (κ1) is 26.1. The van der Waals surface area contributed by atoms with E-state index in [1.165, 1.54) is 50.6 Å². The Balaban J connectivity index is 1.76. The highest BCUT2D eigenvalue weighted by molar-refractivity contribution is 6.03. The first-order valence-corrected chi connectivity index (χ1v) is 11.5. The molecule has 4 rings (SSSR count). The number of carbonyl (C=O) groups is 3. The van der Waals surface area contributed by atoms with Gasteiger partial charge in [-0.15, -0.1) is 0 Å². The Morgan fingerprint density at radius 2 is 1.66 bits per heavy atom. The molecule has 38 heavy (non-hydrogen) atoms. The lowest BCUT2D eigenvalue weighted by Gasteiger charge is -2.22. The first-order chi connectivity index (χ1) is 18.2. The number of ether oxygens (including phenoxy) is 3. The van der Waals surface area contributed by atoms with Crippen LogP contribution in [0.15, 0.2) is 72.3 Å². The molecule has 1 heterocycles. The van der Waals surface area contributed by atoms with Crippen LogP contribution in [-0.4, -0.2) is 53.5 Å². The molecule has 0 radical (unpaired) electrons. The van der Waals surface area contributed by atoms with E-state index in [1.54, 1.807) is 36.4 Å². The minimum absolute atomic E-state index is 0.0670. The third kappa shape index (κ3) is 5.24. The van der Waals surface area contributed by atoms with Crippen molar-refractivity contribution in [1.82, 2.24) is 5.32 Å². The summed E-state index contributed by atoms with van der Waals surface area (Å²) in [6, 6.07) is 15.6. The van der Waals surface area contributed by atoms with Crippen molar-refractivity contribution in [1.29, 1.82) is 0 Å². The van der Waals surface area contributed by atoms with Gasteiger partial charge >= 0.3 is 11.9 Å². The zero-order valence-electron chi connectivity index (χ0n) is 20.5. The summed E-state index contributed by atoms with van der Waals surface area (Å²) in [5.41, 5.74) is 1.30. The SMILES string of the molecule is COC(=O)[C@@H](NC(=O)[C@@H]1OC(=O)/C(=C/c2ccc(O)c(OC)c2)[C@H]1c1ccc(O)c(O)c1)c1ccccc1. The smallest absolute Gasteiger partial charge is 0.335 e. The molecule has 0 spiro atoms. The maximum Gasteiger partial charge on any atom is 0.335 e. The number of phenols is 3. The topological polar surface area (TPSA) is 152 Å². The van der Waals surface area contributed by atoms with Crippen LogP contribution in [-0.2, 0) is 23.9 Å². The number of amides is 1. The number of aromatic hydroxyl groups is 3. The van der Waals surface area contributed by atoms with Crippen LogP contribution >= 0.6 is 0 Å². The number of methoxy groups -OCH3 is 2. The summed E-state index contributed by atoms with van der Waals surface area (Å²) in [6.45, 7) is 0. The van der Waals surface area contributed by atoms with E-state index < -0.39 is 41.7 Å². The molecule has 3 aromatic rings. The maximum atomic E-state index is 13.5. The van der Waals surface area contributed by atoms with E-state index in [9.17, 15) is 29.7 Å². The van der Waals surface area contributed by atoms with E-state index in [2.05, 4.69) is 5.32 Å². The van der Waals surface area contributed by atoms with Crippen molar-refractivity contribution in [2.24, 2.45) is 0 Å². The second kappa shape index (κ2) is 11.0. The molecule has 10 heteroatoms. The molecular weight excluding hydrogens is 494 g/mol. The van der Waals surface area contributed by atoms with Crippen molar-refractivity contribution in [2.45, 2.75) is 18.1 Å². The quantitative estimate of drug-likeness (QED) is 0.210. The Bertz CT molecular complexity index is 1400. The van der Waals surface area contributed by atoms with Crippen molar-refractivity contribution in [3.63, 3.8) is 0 Å². The molecule has 1 aliphatic heterocycles. The fraction of sp³-hybridized carbons (Fsp3) is 0.179. The molecule has 3 aromatic carbocycles. The predicted molar refractivity (Wildman–Crippen MR) is 134 cm³/mol. The minimum Gasteiger partial charge on any atom is -0.504 e. The predicted octanol–water partition coefficient (Wildman–Crippen LogP) is 2.94. The summed E-state index contributed by atoms with van der Waals surface area (Å²) in [7, 11) is 2.57. The van der Waals surface area contributed by atoms with Crippen molar-refractivity contribution in [2.75, 3.05) is 14.2 Å². The van der Waals surface area contributed by atoms with Crippen molar-refractivity contribution < 1.29 is 43.9 Å². The number of rotatable bonds is 7. The lowest BCUT2D eigenvalue weighted by Crippen LogP contribution is -2.42. The molecule has 10 nitrogen and oxygen atoms in total. The molecule has 196 valence electrons. The number of benzene rings is 3. The molecule has 4 N–H and O–H groups in total. The van der Waals surface area contributed by atoms with Gasteiger partial charge in [-0.05, 0) is 47.0 Å². The fourth-order valence-electron chi connectivity index (χ4n) is 4.21. The van der Waals surface area contributed by atoms with Crippen LogP contribution < -0.4 is 10.1 Å². The summed E-state index contributed by atoms with van der Waals surface area (Å²) in [6.07, 6.45) is 0.0498. The Morgan fingerprint density at radius 3 is 2.32 bits per heavy atom. The van der Waals surface area contributed by atoms with Crippen LogP contribution in [0.2, 0.25) is 0 Å². The molecule has 1 amide bonds. The molecule has 3 atom stereocenters. The van der Waals surface area contributed by atoms with Gasteiger partial charge in [-0.3, -0.25) is 4.79 Å². The first-order valence-electron chi connectivity index (χ1n) is 11.5. The van der Waals surface area contributed by atoms with Gasteiger partial charge in [-0.25, -0.2) is 9.59 Å². The molecule has 0 saturated carbocycles. The van der Waals surface area contributed by atoms with Crippen molar-refractivity contribution in [3.8, 4) is 23.0 Å². The largest absolute Gasteiger partial charge is 0.504 e. The summed E-state index contributed by atoms with van der Waals surface area (Å²) in [5.74, 6) is -4.10. The van der Waals surface area contributed by atoms with Crippen LogP contribution in [0.5, 0.6) is 23.0 Å². The summed E-state index contributed by atoms with van der Waals surface area (Å²) in [5, 5.41) is 32.4. The van der Waals surface area contributed by atoms with Gasteiger partial charge in [-0.2, -0.15) is 0 Å². The van der Waals surface area contributed by atoms with Gasteiger partial charge in [0.05, 0.1) is 20.1 Å². The van der Waals surface area contributed by atoms with Crippen molar-refractivity contribution in [3.05, 3.63) is 89.0 Å². The number of cyclic esters (lactones) is 1. The second-order valence-electron chi connectivity index (χ2n) is 8.46. The number of phenolic OH excluding ortho intramolecular Hbond substituents is 3. The van der Waals surface area contributed by atoms with Gasteiger partial charge < -0.3 is 34.8 Å². The molecule has 0 aliphatic carbocycles. The molecule has 0 bridgehead atoms. The summed E-state index contributed by atoms with van der Waals surface area (Å²) in [4.78, 5) is 39.0. The fourth-order valence-corrected chi connectivity index (χ4v) is 4.21. The highest BCUT2D eigenvalue weighted by Crippen LogP contribution is 2.41. The van der Waals surface area contributed by atoms with Crippen LogP contribution in [0.3, 0.4) is 0 Å². The van der Waals surface area contributed by atoms with Crippen LogP contribution in [0.1, 0.15) is 28.7 Å². The number of carbonyl (C=O) groups excluding carboxylic acids is 3. The molecule has 1 aliphatic rings. The van der Waals surface area contributed by atoms with E-state index in [-0.39, 0.29) is 22.8 Å². The minimum atomic E-state index is -1.42. The highest BCUT2D eigenvalue weighted by Gasteiger charge is 2.46. The Kier molecular flexibility index (Phi) is 7.52. The van der Waals surface area contributed by atoms with Gasteiger partial charge in [0.25, 0.3) is 5.91 Å². The number of esters is 2. The zero-order chi connectivity index (χ0) is 27.4. The van der Waals surface area contributed by atoms with Gasteiger partial charge in [0.2, 0.25) is 0 Å². The monoisotopic (exact) mass is 519 g/mol. The average Bonchev–Trinajstić information content (AvgIpc) is 3.25. The second-order valence-corrected chi connectivity index (χ2v) is 8.46. The maximum absolute atomic E-state index is 13.5. The van der Waals surface area contributed by atoms with Gasteiger partial charge in [0.1, 0.15) is 0 Å². The summed E-state index contributed by atoms with van der Waals surface area (Å²) >= 11 is 0. The van der Waals surface area contributed by atoms with Crippen LogP contribution in [0.25, 0.3) is 6.08 Å². The van der Waals surface area contributed by atoms with E-state index in [4.69, 9.17) is 14.2 Å². The van der Waals surface area contributed by atoms with E-state index in [0.29, 0.717) is 16.7 Å². The third-order valence-electron chi connectivity index (χ3n) is 6.11. The van der Waals surface area contributed by atoms with Gasteiger partial charge in [-0.1, -0.05) is 42.5 Å². The standard InChI is InChI=1S/C28H25NO9/c1-36-22-13-15(8-10-20(22)31)12-18-23(17-9-11-19(30)21(32)14-17)25(38-27(18)34)26(33)29-24(28(35)37-2)16-6-4-3-5-7-16/h3-14,23-25,30-32H,1-2H3,(H,29,33)/b18-12+/t23-,24+,25-/m1/s1. The number of hydrogen-bond donors (Lipinski definition) is 4. The van der Waals surface area contributed by atoms with E-state index in [0.717, 1.165) is 0 Å². The lowest BCUT2D eigenvalue weighted by molar-refractivity contribution is -0.150. The molecule has 1 fully saturated rings. The van der Waals surface area contributed by atoms with Gasteiger partial charge in [0, 0.05) is 5.57 Å². The Labute approximate surface area is 217 Å². The zero-order valence-corrected chi connectivity index (χ0v) is 20.5. The highest BCUT2D eigenvalue weighted by atomic mass is 16.6. The lowest BCUT2D eigenvalue weighted by atomic mass is 9.86. The van der Waals surface area contributed by atoms with Crippen molar-refractivity contribution >= 4 is 23.9 Å². The summed E-state index contributed by atoms with van der Waals surface area (Å²) < 4.78 is 15.5. The molecule has 0 unspecified atom stereocenters. The van der Waals surface area contributed by atoms with E-state index in [1.807, 2.05) is 0 Å². The molecular formula is C28H25NO9. The molecule has 1 saturated heterocycles. The van der Waals surface area contributed by atoms with Crippen LogP contribution in [0.4, 0.5) is 0 Å². The normalized spacial score (nSPS) is 18.5. The number of hydrogen-bond acceptors (Lipinski definition) is 9. The third-order valence-corrected chi connectivity index (χ3v) is 6.11. The van der Waals surface area contributed by atoms with Gasteiger partial charge in [0.15, 0.2) is 35.1 Å².